The highest BCUT2D eigenvalue weighted by Gasteiger charge is 2.36. The zero-order valence-corrected chi connectivity index (χ0v) is 51.2. The van der Waals surface area contributed by atoms with Crippen molar-refractivity contribution in [2.45, 2.75) is 155 Å². The van der Waals surface area contributed by atoms with Gasteiger partial charge in [-0.1, -0.05) is 154 Å². The summed E-state index contributed by atoms with van der Waals surface area (Å²) in [5.41, 5.74) is 12.8. The van der Waals surface area contributed by atoms with Gasteiger partial charge in [0.1, 0.15) is 5.82 Å². The van der Waals surface area contributed by atoms with Crippen LogP contribution < -0.4 is 9.80 Å². The monoisotopic (exact) mass is 1130 g/mol. The molecule has 0 spiro atoms. The van der Waals surface area contributed by atoms with Crippen LogP contribution in [0.1, 0.15) is 186 Å². The zero-order chi connectivity index (χ0) is 55.6. The van der Waals surface area contributed by atoms with Crippen molar-refractivity contribution < 1.29 is 21.2 Å². The van der Waals surface area contributed by atoms with Gasteiger partial charge in [-0.3, -0.25) is 0 Å². The molecule has 0 radical (unpaired) electrons. The fourth-order valence-corrected chi connectivity index (χ4v) is 16.3. The minimum atomic E-state index is -3.66. The molecule has 2 aliphatic rings. The number of aryl methyl sites for hydroxylation is 2. The van der Waals surface area contributed by atoms with E-state index in [0.29, 0.717) is 80.4 Å². The van der Waals surface area contributed by atoms with E-state index in [0.717, 1.165) is 55.9 Å². The number of aromatic nitrogens is 2. The van der Waals surface area contributed by atoms with Gasteiger partial charge in [-0.25, -0.2) is 31.2 Å². The van der Waals surface area contributed by atoms with Crippen LogP contribution in [0, 0.1) is 19.7 Å². The molecule has 0 aliphatic carbocycles. The van der Waals surface area contributed by atoms with Crippen molar-refractivity contribution in [2.24, 2.45) is 0 Å². The number of thiazole rings is 2. The number of anilines is 2. The number of hydrogen-bond acceptors (Lipinski definition) is 10. The van der Waals surface area contributed by atoms with Crippen LogP contribution in [0.3, 0.4) is 0 Å². The summed E-state index contributed by atoms with van der Waals surface area (Å²) in [6, 6.07) is 19.8. The Kier molecular flexibility index (Phi) is 19.4. The molecule has 8 rings (SSSR count). The van der Waals surface area contributed by atoms with Crippen LogP contribution in [0.4, 0.5) is 14.7 Å². The molecule has 412 valence electrons. The van der Waals surface area contributed by atoms with Crippen molar-refractivity contribution in [3.63, 3.8) is 0 Å². The molecule has 0 atom stereocenters. The molecule has 0 amide bonds. The van der Waals surface area contributed by atoms with Crippen LogP contribution in [-0.2, 0) is 32.9 Å². The fraction of sp³-hybridized carbons (Fsp3) is 0.500. The molecule has 0 N–H and O–H groups in total. The second-order valence-corrected chi connectivity index (χ2v) is 28.4. The maximum Gasteiger partial charge on any atom is 0.243 e. The summed E-state index contributed by atoms with van der Waals surface area (Å²) < 4.78 is 73.2. The van der Waals surface area contributed by atoms with Crippen molar-refractivity contribution in [1.29, 1.82) is 0 Å². The Morgan fingerprint density at radius 2 is 0.855 bits per heavy atom. The van der Waals surface area contributed by atoms with Gasteiger partial charge >= 0.3 is 0 Å². The zero-order valence-electron chi connectivity index (χ0n) is 47.2. The molecule has 4 aromatic carbocycles. The number of nitrogens with zero attached hydrogens (tertiary/aromatic N) is 6. The minimum Gasteiger partial charge on any atom is -0.345 e. The van der Waals surface area contributed by atoms with Crippen LogP contribution in [0.25, 0.3) is 0 Å². The summed E-state index contributed by atoms with van der Waals surface area (Å²) in [5.74, 6) is 0.700. The van der Waals surface area contributed by atoms with E-state index in [1.54, 1.807) is 43.4 Å². The molecule has 2 fully saturated rings. The number of rotatable bonds is 16. The molecule has 2 aliphatic heterocycles. The van der Waals surface area contributed by atoms with E-state index in [2.05, 4.69) is 155 Å². The molecule has 0 unspecified atom stereocenters. The van der Waals surface area contributed by atoms with Gasteiger partial charge in [0.25, 0.3) is 0 Å². The standard InChI is InChI=1S/C31H43N3O2S2.C29H37ClFN3O2S2/c1-20(2)26-17-28(21(3)4)30(29(18-26)22(5)6)38(35,36)34-11-9-33(10-12-34)31-32-27(19-37-31)16-25-14-23(7)13-24(8)15-25;1-18(2)22-15-24(19(3)4)28(25(16-22)20(5)6)38(35,36)34-11-9-33(10-12-34)29-32-23(17-37-29)13-21-7-8-27(31)26(30)14-21/h13-15,17-22H,9-12,16H2,1-8H3;7-8,14-20H,9-13H2,1-6H3. The second kappa shape index (κ2) is 24.8. The number of halogens is 2. The van der Waals surface area contributed by atoms with E-state index < -0.39 is 25.9 Å². The van der Waals surface area contributed by atoms with Gasteiger partial charge in [0.15, 0.2) is 10.3 Å². The first-order valence-electron chi connectivity index (χ1n) is 27.0. The Bertz CT molecular complexity index is 3130. The number of piperazine rings is 2. The van der Waals surface area contributed by atoms with Crippen LogP contribution in [0.2, 0.25) is 5.02 Å². The maximum atomic E-state index is 14.1. The predicted molar refractivity (Wildman–Crippen MR) is 317 cm³/mol. The summed E-state index contributed by atoms with van der Waals surface area (Å²) in [6.45, 7) is 33.8. The Morgan fingerprint density at radius 1 is 0.500 bits per heavy atom. The summed E-state index contributed by atoms with van der Waals surface area (Å²) in [7, 11) is -7.27. The van der Waals surface area contributed by atoms with Crippen molar-refractivity contribution in [2.75, 3.05) is 62.2 Å². The van der Waals surface area contributed by atoms with Gasteiger partial charge in [0.2, 0.25) is 20.0 Å². The summed E-state index contributed by atoms with van der Waals surface area (Å²) >= 11 is 9.12. The highest BCUT2D eigenvalue weighted by molar-refractivity contribution is 7.89. The lowest BCUT2D eigenvalue weighted by Gasteiger charge is -2.35. The van der Waals surface area contributed by atoms with Gasteiger partial charge in [-0.2, -0.15) is 8.61 Å². The Balaban J connectivity index is 0.000000221. The number of benzene rings is 4. The van der Waals surface area contributed by atoms with E-state index in [1.165, 1.54) is 33.9 Å². The smallest absolute Gasteiger partial charge is 0.243 e. The molecule has 4 heterocycles. The fourth-order valence-electron chi connectivity index (χ4n) is 10.2. The maximum absolute atomic E-state index is 14.1. The second-order valence-electron chi connectivity index (χ2n) is 22.6. The van der Waals surface area contributed by atoms with Crippen LogP contribution in [-0.4, -0.2) is 87.8 Å². The predicted octanol–water partition coefficient (Wildman–Crippen LogP) is 14.6. The lowest BCUT2D eigenvalue weighted by Crippen LogP contribution is -2.49. The molecular weight excluding hydrogens is 1050 g/mol. The average molecular weight is 1130 g/mol. The Labute approximate surface area is 467 Å². The van der Waals surface area contributed by atoms with Gasteiger partial charge in [0.05, 0.1) is 26.2 Å². The van der Waals surface area contributed by atoms with Gasteiger partial charge in [-0.15, -0.1) is 22.7 Å². The first kappa shape index (κ1) is 59.4. The highest BCUT2D eigenvalue weighted by atomic mass is 35.5. The Hall–Kier alpha value is -4.22. The molecule has 0 saturated carbocycles. The normalized spacial score (nSPS) is 15.3. The van der Waals surface area contributed by atoms with Crippen molar-refractivity contribution in [3.05, 3.63) is 149 Å². The molecule has 2 saturated heterocycles. The molecule has 16 heteroatoms. The van der Waals surface area contributed by atoms with Crippen LogP contribution >= 0.6 is 34.3 Å². The molecule has 10 nitrogen and oxygen atoms in total. The van der Waals surface area contributed by atoms with Crippen molar-refractivity contribution in [1.82, 2.24) is 18.6 Å². The summed E-state index contributed by atoms with van der Waals surface area (Å²) in [4.78, 5) is 15.1. The van der Waals surface area contributed by atoms with Gasteiger partial charge in [-0.05, 0) is 106 Å². The highest BCUT2D eigenvalue weighted by Crippen LogP contribution is 2.39. The molecule has 2 aromatic heterocycles. The van der Waals surface area contributed by atoms with Crippen LogP contribution in [0.5, 0.6) is 0 Å². The number of sulfonamides is 2. The average Bonchev–Trinajstić information content (AvgIpc) is 4.07. The van der Waals surface area contributed by atoms with Gasteiger partial charge in [0, 0.05) is 76.0 Å². The van der Waals surface area contributed by atoms with E-state index in [9.17, 15) is 21.2 Å². The van der Waals surface area contributed by atoms with E-state index in [1.807, 2.05) is 5.38 Å². The molecular formula is C60H80ClFN6O4S4. The lowest BCUT2D eigenvalue weighted by molar-refractivity contribution is 0.383. The Morgan fingerprint density at radius 3 is 1.18 bits per heavy atom. The topological polar surface area (TPSA) is 107 Å². The van der Waals surface area contributed by atoms with E-state index >= 15 is 0 Å². The quantitative estimate of drug-likeness (QED) is 0.0943. The van der Waals surface area contributed by atoms with E-state index in [-0.39, 0.29) is 28.7 Å². The third kappa shape index (κ3) is 13.8. The molecule has 0 bridgehead atoms. The lowest BCUT2D eigenvalue weighted by atomic mass is 9.89. The van der Waals surface area contributed by atoms with Crippen molar-refractivity contribution in [3.8, 4) is 0 Å². The first-order valence-corrected chi connectivity index (χ1v) is 32.0. The molecule has 76 heavy (non-hydrogen) atoms. The SMILES string of the molecule is CC(C)c1cc(C(C)C)c(S(=O)(=O)N2CCN(c3nc(Cc4ccc(F)c(Cl)c4)cs3)CC2)c(C(C)C)c1.Cc1cc(C)cc(Cc2csc(N3CCN(S(=O)(=O)c4c(C(C)C)cc(C(C)C)cc4C(C)C)CC3)n2)c1. The van der Waals surface area contributed by atoms with Gasteiger partial charge < -0.3 is 9.80 Å². The summed E-state index contributed by atoms with van der Waals surface area (Å²) in [5, 5.41) is 6.09. The number of hydrogen-bond donors (Lipinski definition) is 0. The van der Waals surface area contributed by atoms with Crippen molar-refractivity contribution >= 4 is 64.6 Å². The van der Waals surface area contributed by atoms with Crippen LogP contribution in [0.15, 0.2) is 81.2 Å². The third-order valence-electron chi connectivity index (χ3n) is 14.5. The molecule has 6 aromatic rings. The van der Waals surface area contributed by atoms with E-state index in [4.69, 9.17) is 21.6 Å². The largest absolute Gasteiger partial charge is 0.345 e. The first-order chi connectivity index (χ1) is 35.7. The third-order valence-corrected chi connectivity index (χ3v) is 20.7. The minimum absolute atomic E-state index is 0.0991. The summed E-state index contributed by atoms with van der Waals surface area (Å²) in [6.07, 6.45) is 1.38.